The first-order valence-electron chi connectivity index (χ1n) is 6.52. The maximum absolute atomic E-state index is 5.86. The topological polar surface area (TPSA) is 38.5 Å². The molecule has 1 heterocycles. The summed E-state index contributed by atoms with van der Waals surface area (Å²) in [6, 6.07) is 11.8. The average molecular weight is 232 g/mol. The highest BCUT2D eigenvalue weighted by Gasteiger charge is 2.40. The van der Waals surface area contributed by atoms with Crippen molar-refractivity contribution in [2.75, 3.05) is 19.7 Å². The van der Waals surface area contributed by atoms with Crippen LogP contribution in [0.2, 0.25) is 0 Å². The molecule has 2 unspecified atom stereocenters. The SMILES string of the molecule is NCC1OCCN(C2CC2)C1c1ccccc1. The highest BCUT2D eigenvalue weighted by Crippen LogP contribution is 2.38. The minimum absolute atomic E-state index is 0.145. The van der Waals surface area contributed by atoms with Crippen LogP contribution in [0.3, 0.4) is 0 Å². The van der Waals surface area contributed by atoms with E-state index < -0.39 is 0 Å². The van der Waals surface area contributed by atoms with Gasteiger partial charge in [0.05, 0.1) is 18.8 Å². The van der Waals surface area contributed by atoms with Crippen molar-refractivity contribution in [1.82, 2.24) is 4.90 Å². The summed E-state index contributed by atoms with van der Waals surface area (Å²) in [5, 5.41) is 0. The lowest BCUT2D eigenvalue weighted by Crippen LogP contribution is -2.49. The van der Waals surface area contributed by atoms with Crippen LogP contribution in [0.15, 0.2) is 30.3 Å². The maximum atomic E-state index is 5.86. The van der Waals surface area contributed by atoms with E-state index in [0.29, 0.717) is 12.6 Å². The van der Waals surface area contributed by atoms with Gasteiger partial charge in [0.2, 0.25) is 0 Å². The summed E-state index contributed by atoms with van der Waals surface area (Å²) in [4.78, 5) is 2.59. The van der Waals surface area contributed by atoms with Crippen LogP contribution in [0.1, 0.15) is 24.4 Å². The number of benzene rings is 1. The Morgan fingerprint density at radius 1 is 1.24 bits per heavy atom. The predicted molar refractivity (Wildman–Crippen MR) is 67.7 cm³/mol. The summed E-state index contributed by atoms with van der Waals surface area (Å²) in [5.74, 6) is 0. The van der Waals surface area contributed by atoms with E-state index in [-0.39, 0.29) is 6.10 Å². The molecular formula is C14H20N2O. The molecule has 0 amide bonds. The second-order valence-corrected chi connectivity index (χ2v) is 4.97. The third-order valence-corrected chi connectivity index (χ3v) is 3.78. The molecule has 2 atom stereocenters. The highest BCUT2D eigenvalue weighted by atomic mass is 16.5. The fourth-order valence-corrected chi connectivity index (χ4v) is 2.82. The fraction of sp³-hybridized carbons (Fsp3) is 0.571. The van der Waals surface area contributed by atoms with Crippen molar-refractivity contribution in [2.24, 2.45) is 5.73 Å². The quantitative estimate of drug-likeness (QED) is 0.859. The van der Waals surface area contributed by atoms with Gasteiger partial charge in [-0.2, -0.15) is 0 Å². The third kappa shape index (κ3) is 2.23. The molecule has 17 heavy (non-hydrogen) atoms. The Balaban J connectivity index is 1.88. The molecule has 2 fully saturated rings. The van der Waals surface area contributed by atoms with E-state index >= 15 is 0 Å². The van der Waals surface area contributed by atoms with Gasteiger partial charge in [-0.3, -0.25) is 4.90 Å². The minimum Gasteiger partial charge on any atom is -0.374 e. The average Bonchev–Trinajstić information content (AvgIpc) is 3.23. The number of hydrogen-bond acceptors (Lipinski definition) is 3. The van der Waals surface area contributed by atoms with Crippen molar-refractivity contribution in [3.8, 4) is 0 Å². The van der Waals surface area contributed by atoms with Gasteiger partial charge in [-0.1, -0.05) is 30.3 Å². The molecule has 2 N–H and O–H groups in total. The molecule has 1 saturated carbocycles. The minimum atomic E-state index is 0.145. The van der Waals surface area contributed by atoms with Gasteiger partial charge >= 0.3 is 0 Å². The zero-order valence-electron chi connectivity index (χ0n) is 10.1. The van der Waals surface area contributed by atoms with E-state index in [1.165, 1.54) is 18.4 Å². The van der Waals surface area contributed by atoms with E-state index in [4.69, 9.17) is 10.5 Å². The highest BCUT2D eigenvalue weighted by molar-refractivity contribution is 5.22. The first-order valence-corrected chi connectivity index (χ1v) is 6.52. The molecule has 0 radical (unpaired) electrons. The van der Waals surface area contributed by atoms with Gasteiger partial charge in [-0.25, -0.2) is 0 Å². The molecule has 0 bridgehead atoms. The van der Waals surface area contributed by atoms with Crippen LogP contribution in [0.25, 0.3) is 0 Å². The van der Waals surface area contributed by atoms with Crippen LogP contribution in [0.5, 0.6) is 0 Å². The lowest BCUT2D eigenvalue weighted by atomic mass is 9.98. The van der Waals surface area contributed by atoms with E-state index in [9.17, 15) is 0 Å². The van der Waals surface area contributed by atoms with Crippen molar-refractivity contribution >= 4 is 0 Å². The molecule has 1 aliphatic heterocycles. The van der Waals surface area contributed by atoms with Gasteiger partial charge in [0.1, 0.15) is 0 Å². The van der Waals surface area contributed by atoms with Crippen molar-refractivity contribution < 1.29 is 4.74 Å². The van der Waals surface area contributed by atoms with E-state index in [2.05, 4.69) is 35.2 Å². The summed E-state index contributed by atoms with van der Waals surface area (Å²) in [7, 11) is 0. The molecule has 92 valence electrons. The zero-order chi connectivity index (χ0) is 11.7. The Labute approximate surface area is 103 Å². The van der Waals surface area contributed by atoms with Gasteiger partial charge in [0, 0.05) is 19.1 Å². The van der Waals surface area contributed by atoms with Crippen LogP contribution in [0.4, 0.5) is 0 Å². The Hall–Kier alpha value is -0.900. The zero-order valence-corrected chi connectivity index (χ0v) is 10.1. The van der Waals surface area contributed by atoms with Gasteiger partial charge in [-0.15, -0.1) is 0 Å². The Bertz CT molecular complexity index is 364. The van der Waals surface area contributed by atoms with Crippen molar-refractivity contribution in [3.63, 3.8) is 0 Å². The molecule has 1 aromatic carbocycles. The smallest absolute Gasteiger partial charge is 0.0894 e. The molecule has 0 spiro atoms. The Morgan fingerprint density at radius 3 is 2.65 bits per heavy atom. The van der Waals surface area contributed by atoms with E-state index in [1.54, 1.807) is 0 Å². The molecule has 2 aliphatic rings. The monoisotopic (exact) mass is 232 g/mol. The molecule has 1 saturated heterocycles. The molecular weight excluding hydrogens is 212 g/mol. The van der Waals surface area contributed by atoms with Crippen LogP contribution >= 0.6 is 0 Å². The number of hydrogen-bond donors (Lipinski definition) is 1. The molecule has 3 heteroatoms. The van der Waals surface area contributed by atoms with Crippen molar-refractivity contribution in [3.05, 3.63) is 35.9 Å². The van der Waals surface area contributed by atoms with Gasteiger partial charge in [-0.05, 0) is 18.4 Å². The maximum Gasteiger partial charge on any atom is 0.0894 e. The normalized spacial score (nSPS) is 30.4. The van der Waals surface area contributed by atoms with E-state index in [0.717, 1.165) is 19.2 Å². The van der Waals surface area contributed by atoms with Crippen LogP contribution in [-0.2, 0) is 4.74 Å². The van der Waals surface area contributed by atoms with Crippen LogP contribution in [0, 0.1) is 0 Å². The second kappa shape index (κ2) is 4.77. The predicted octanol–water partition coefficient (Wildman–Crippen LogP) is 1.55. The molecule has 1 aliphatic carbocycles. The lowest BCUT2D eigenvalue weighted by molar-refractivity contribution is -0.0712. The molecule has 0 aromatic heterocycles. The number of ether oxygens (including phenoxy) is 1. The summed E-state index contributed by atoms with van der Waals surface area (Å²) < 4.78 is 5.84. The standard InChI is InChI=1S/C14H20N2O/c15-10-13-14(11-4-2-1-3-5-11)16(8-9-17-13)12-6-7-12/h1-5,12-14H,6-10,15H2. The summed E-state index contributed by atoms with van der Waals surface area (Å²) >= 11 is 0. The van der Waals surface area contributed by atoms with Gasteiger partial charge < -0.3 is 10.5 Å². The summed E-state index contributed by atoms with van der Waals surface area (Å²) in [5.41, 5.74) is 7.20. The second-order valence-electron chi connectivity index (χ2n) is 4.97. The molecule has 3 rings (SSSR count). The van der Waals surface area contributed by atoms with E-state index in [1.807, 2.05) is 0 Å². The Morgan fingerprint density at radius 2 is 2.00 bits per heavy atom. The van der Waals surface area contributed by atoms with Crippen molar-refractivity contribution in [1.29, 1.82) is 0 Å². The summed E-state index contributed by atoms with van der Waals surface area (Å²) in [6.07, 6.45) is 2.81. The number of nitrogens with two attached hydrogens (primary N) is 1. The lowest BCUT2D eigenvalue weighted by Gasteiger charge is -2.41. The molecule has 3 nitrogen and oxygen atoms in total. The summed E-state index contributed by atoms with van der Waals surface area (Å²) in [6.45, 7) is 2.46. The number of morpholine rings is 1. The fourth-order valence-electron chi connectivity index (χ4n) is 2.82. The first-order chi connectivity index (χ1) is 8.40. The molecule has 1 aromatic rings. The first kappa shape index (κ1) is 11.2. The number of nitrogens with zero attached hydrogens (tertiary/aromatic N) is 1. The van der Waals surface area contributed by atoms with Crippen LogP contribution in [-0.4, -0.2) is 36.7 Å². The van der Waals surface area contributed by atoms with Crippen molar-refractivity contribution in [2.45, 2.75) is 31.0 Å². The van der Waals surface area contributed by atoms with Crippen LogP contribution < -0.4 is 5.73 Å². The number of rotatable bonds is 3. The van der Waals surface area contributed by atoms with Gasteiger partial charge in [0.15, 0.2) is 0 Å². The Kier molecular flexibility index (Phi) is 3.14. The third-order valence-electron chi connectivity index (χ3n) is 3.78. The largest absolute Gasteiger partial charge is 0.374 e. The van der Waals surface area contributed by atoms with Gasteiger partial charge in [0.25, 0.3) is 0 Å².